The smallest absolute Gasteiger partial charge is 0.243 e. The number of hydrogen-bond donors (Lipinski definition) is 4. The summed E-state index contributed by atoms with van der Waals surface area (Å²) < 4.78 is 19.2. The Balaban J connectivity index is 1.55. The summed E-state index contributed by atoms with van der Waals surface area (Å²) in [5.74, 6) is 0.449. The molecule has 0 fully saturated rings. The van der Waals surface area contributed by atoms with Crippen molar-refractivity contribution < 1.29 is 13.9 Å². The zero-order valence-corrected chi connectivity index (χ0v) is 22.8. The highest BCUT2D eigenvalue weighted by Crippen LogP contribution is 2.25. The number of aliphatic imine (C=N–C) groups is 1. The van der Waals surface area contributed by atoms with Crippen LogP contribution in [0.5, 0.6) is 0 Å². The predicted octanol–water partition coefficient (Wildman–Crippen LogP) is 3.70. The Morgan fingerprint density at radius 1 is 1.38 bits per heavy atom. The molecular formula is C29H34ClFN6O2. The van der Waals surface area contributed by atoms with Crippen LogP contribution in [0.4, 0.5) is 4.39 Å². The number of likely N-dealkylation sites (N-methyl/N-ethyl adjacent to an activating group) is 1. The number of nitrogens with zero attached hydrogens (tertiary/aromatic N) is 2. The van der Waals surface area contributed by atoms with Crippen molar-refractivity contribution in [3.63, 3.8) is 0 Å². The van der Waals surface area contributed by atoms with Gasteiger partial charge < -0.3 is 31.3 Å². The normalized spacial score (nSPS) is 19.6. The van der Waals surface area contributed by atoms with Gasteiger partial charge >= 0.3 is 0 Å². The minimum atomic E-state index is -0.313. The molecule has 10 heteroatoms. The van der Waals surface area contributed by atoms with Crippen LogP contribution in [0.1, 0.15) is 12.0 Å². The second-order valence-electron chi connectivity index (χ2n) is 9.01. The van der Waals surface area contributed by atoms with Crippen molar-refractivity contribution in [3.8, 4) is 0 Å². The number of hydrogen-bond acceptors (Lipinski definition) is 7. The number of benzene rings is 1. The lowest BCUT2D eigenvalue weighted by Gasteiger charge is -2.22. The number of ether oxygens (including phenoxy) is 1. The van der Waals surface area contributed by atoms with Crippen molar-refractivity contribution in [1.82, 2.24) is 20.9 Å². The van der Waals surface area contributed by atoms with Crippen LogP contribution in [0.2, 0.25) is 0 Å². The van der Waals surface area contributed by atoms with Gasteiger partial charge in [-0.3, -0.25) is 9.79 Å². The summed E-state index contributed by atoms with van der Waals surface area (Å²) in [4.78, 5) is 18.1. The van der Waals surface area contributed by atoms with Crippen LogP contribution in [0.25, 0.3) is 0 Å². The second kappa shape index (κ2) is 14.8. The predicted molar refractivity (Wildman–Crippen MR) is 155 cm³/mol. The van der Waals surface area contributed by atoms with Crippen LogP contribution in [-0.4, -0.2) is 49.7 Å². The second-order valence-corrected chi connectivity index (χ2v) is 9.42. The Hall–Kier alpha value is -4.08. The highest BCUT2D eigenvalue weighted by atomic mass is 35.5. The standard InChI is InChI=1S/C29H34ClFN6O2/c1-4-33-25-18-22(10-6-14-34-27(38)11-7-15-37(2)3)35-28(25)29(32)36-23-12-13-26(24(30)17-23)39-19-20-8-5-9-21(31)16-20/h4-11,13,16-18,23,35-36H,1,12,14-15,19,32H2,2-3H3,(H,34,38)/b10-6+,11-7+,29-28-,33-25-. The van der Waals surface area contributed by atoms with E-state index < -0.39 is 0 Å². The molecule has 0 radical (unpaired) electrons. The van der Waals surface area contributed by atoms with E-state index in [0.29, 0.717) is 53.1 Å². The summed E-state index contributed by atoms with van der Waals surface area (Å²) in [6.07, 6.45) is 14.5. The van der Waals surface area contributed by atoms with Gasteiger partial charge in [0.2, 0.25) is 5.91 Å². The van der Waals surface area contributed by atoms with E-state index in [4.69, 9.17) is 22.1 Å². The average Bonchev–Trinajstić information content (AvgIpc) is 3.29. The number of carbonyl (C=O) groups is 1. The molecule has 1 atom stereocenters. The van der Waals surface area contributed by atoms with Gasteiger partial charge in [-0.2, -0.15) is 0 Å². The van der Waals surface area contributed by atoms with Crippen LogP contribution >= 0.6 is 11.6 Å². The summed E-state index contributed by atoms with van der Waals surface area (Å²) >= 11 is 6.44. The van der Waals surface area contributed by atoms with Gasteiger partial charge in [-0.15, -0.1) is 0 Å². The number of carbonyl (C=O) groups excluding carboxylic acids is 1. The molecule has 2 aliphatic rings. The summed E-state index contributed by atoms with van der Waals surface area (Å²) in [6, 6.07) is 6.06. The lowest BCUT2D eigenvalue weighted by atomic mass is 10.1. The topological polar surface area (TPSA) is 104 Å². The molecule has 1 aromatic carbocycles. The molecule has 0 aromatic heterocycles. The number of halogens is 2. The van der Waals surface area contributed by atoms with Crippen molar-refractivity contribution >= 4 is 23.2 Å². The molecule has 1 aliphatic heterocycles. The lowest BCUT2D eigenvalue weighted by molar-refractivity contribution is -0.116. The molecule has 1 aliphatic carbocycles. The molecule has 39 heavy (non-hydrogen) atoms. The fourth-order valence-electron chi connectivity index (χ4n) is 3.68. The first-order valence-electron chi connectivity index (χ1n) is 12.4. The van der Waals surface area contributed by atoms with Gasteiger partial charge in [-0.25, -0.2) is 4.39 Å². The molecule has 1 unspecified atom stereocenters. The largest absolute Gasteiger partial charge is 0.488 e. The first kappa shape index (κ1) is 29.5. The minimum Gasteiger partial charge on any atom is -0.488 e. The molecule has 0 spiro atoms. The molecular weight excluding hydrogens is 519 g/mol. The van der Waals surface area contributed by atoms with E-state index in [-0.39, 0.29) is 24.4 Å². The fourth-order valence-corrected chi connectivity index (χ4v) is 3.96. The van der Waals surface area contributed by atoms with Gasteiger partial charge in [0.05, 0.1) is 16.8 Å². The molecule has 0 saturated carbocycles. The number of amides is 1. The quantitative estimate of drug-likeness (QED) is 0.295. The molecule has 0 bridgehead atoms. The van der Waals surface area contributed by atoms with E-state index in [0.717, 1.165) is 5.70 Å². The Morgan fingerprint density at radius 3 is 2.92 bits per heavy atom. The molecule has 1 heterocycles. The maximum Gasteiger partial charge on any atom is 0.243 e. The van der Waals surface area contributed by atoms with E-state index in [2.05, 4.69) is 27.5 Å². The Morgan fingerprint density at radius 2 is 2.21 bits per heavy atom. The Bertz CT molecular complexity index is 1280. The minimum absolute atomic E-state index is 0.159. The third kappa shape index (κ3) is 9.63. The van der Waals surface area contributed by atoms with Gasteiger partial charge in [0.25, 0.3) is 0 Å². The van der Waals surface area contributed by atoms with E-state index in [9.17, 15) is 9.18 Å². The summed E-state index contributed by atoms with van der Waals surface area (Å²) in [5, 5.41) is 9.74. The van der Waals surface area contributed by atoms with Gasteiger partial charge in [0.15, 0.2) is 0 Å². The zero-order chi connectivity index (χ0) is 28.2. The third-order valence-corrected chi connectivity index (χ3v) is 5.83. The van der Waals surface area contributed by atoms with E-state index in [1.165, 1.54) is 24.4 Å². The Kier molecular flexibility index (Phi) is 11.1. The van der Waals surface area contributed by atoms with Crippen LogP contribution in [0.15, 0.2) is 113 Å². The van der Waals surface area contributed by atoms with Crippen molar-refractivity contribution in [2.45, 2.75) is 19.1 Å². The monoisotopic (exact) mass is 552 g/mol. The van der Waals surface area contributed by atoms with Crippen LogP contribution in [0, 0.1) is 5.82 Å². The number of allylic oxidation sites excluding steroid dienone is 3. The van der Waals surface area contributed by atoms with E-state index in [1.54, 1.807) is 18.2 Å². The van der Waals surface area contributed by atoms with Crippen LogP contribution in [-0.2, 0) is 16.1 Å². The van der Waals surface area contributed by atoms with Crippen molar-refractivity contribution in [2.75, 3.05) is 27.2 Å². The maximum atomic E-state index is 13.4. The molecule has 8 nitrogen and oxygen atoms in total. The van der Waals surface area contributed by atoms with E-state index >= 15 is 0 Å². The number of rotatable bonds is 12. The average molecular weight is 553 g/mol. The highest BCUT2D eigenvalue weighted by Gasteiger charge is 2.21. The fraction of sp³-hybridized carbons (Fsp3) is 0.241. The molecule has 1 amide bonds. The maximum absolute atomic E-state index is 13.4. The summed E-state index contributed by atoms with van der Waals surface area (Å²) in [6.45, 7) is 4.95. The SMILES string of the molecule is C=C/N=C1C=C(/C=C/CNC(=O)/C=C/CN(C)C)NC/1=C(/N)NC1C=C(Cl)C(OCc2cccc(F)c2)=CC1. The van der Waals surface area contributed by atoms with Gasteiger partial charge in [-0.05, 0) is 62.5 Å². The van der Waals surface area contributed by atoms with Crippen LogP contribution in [0.3, 0.4) is 0 Å². The van der Waals surface area contributed by atoms with Crippen molar-refractivity contribution in [1.29, 1.82) is 0 Å². The van der Waals surface area contributed by atoms with Gasteiger partial charge in [-0.1, -0.05) is 42.5 Å². The molecule has 3 rings (SSSR count). The zero-order valence-electron chi connectivity index (χ0n) is 22.1. The highest BCUT2D eigenvalue weighted by molar-refractivity contribution is 6.31. The summed E-state index contributed by atoms with van der Waals surface area (Å²) in [5.41, 5.74) is 9.09. The summed E-state index contributed by atoms with van der Waals surface area (Å²) in [7, 11) is 3.87. The third-order valence-electron chi connectivity index (χ3n) is 5.51. The Labute approximate surface area is 233 Å². The first-order valence-corrected chi connectivity index (χ1v) is 12.8. The van der Waals surface area contributed by atoms with Gasteiger partial charge in [0.1, 0.15) is 29.7 Å². The first-order chi connectivity index (χ1) is 18.7. The van der Waals surface area contributed by atoms with Crippen molar-refractivity contribution in [2.24, 2.45) is 10.7 Å². The van der Waals surface area contributed by atoms with Gasteiger partial charge in [0, 0.05) is 31.1 Å². The molecule has 5 N–H and O–H groups in total. The number of nitrogens with two attached hydrogens (primary N) is 1. The van der Waals surface area contributed by atoms with Crippen LogP contribution < -0.4 is 21.7 Å². The van der Waals surface area contributed by atoms with E-state index in [1.807, 2.05) is 49.4 Å². The van der Waals surface area contributed by atoms with Crippen molar-refractivity contribution in [3.05, 3.63) is 119 Å². The lowest BCUT2D eigenvalue weighted by Crippen LogP contribution is -2.35. The number of nitrogens with one attached hydrogen (secondary N) is 3. The molecule has 206 valence electrons. The molecule has 0 saturated heterocycles. The molecule has 1 aromatic rings.